The van der Waals surface area contributed by atoms with Crippen LogP contribution in [0.2, 0.25) is 0 Å². The number of carbonyl (C=O) groups is 1. The molecular weight excluding hydrogens is 235 g/mol. The van der Waals surface area contributed by atoms with Crippen molar-refractivity contribution in [3.8, 4) is 0 Å². The Morgan fingerprint density at radius 3 is 3.00 bits per heavy atom. The summed E-state index contributed by atoms with van der Waals surface area (Å²) in [7, 11) is 0. The maximum Gasteiger partial charge on any atom is 0.248 e. The smallest absolute Gasteiger partial charge is 0.248 e. The first-order valence-electron chi connectivity index (χ1n) is 6.06. The van der Waals surface area contributed by atoms with Crippen molar-refractivity contribution in [2.75, 3.05) is 13.2 Å². The summed E-state index contributed by atoms with van der Waals surface area (Å²) in [6.07, 6.45) is 2.07. The van der Waals surface area contributed by atoms with Crippen LogP contribution in [0.5, 0.6) is 0 Å². The molecule has 1 aliphatic heterocycles. The first-order chi connectivity index (χ1) is 8.66. The zero-order chi connectivity index (χ0) is 13.0. The molecule has 0 bridgehead atoms. The Hall–Kier alpha value is -1.46. The van der Waals surface area contributed by atoms with Crippen LogP contribution in [0.3, 0.4) is 0 Å². The van der Waals surface area contributed by atoms with Crippen molar-refractivity contribution in [3.63, 3.8) is 0 Å². The minimum Gasteiger partial charge on any atom is -0.380 e. The second-order valence-corrected chi connectivity index (χ2v) is 4.47. The van der Waals surface area contributed by atoms with Crippen molar-refractivity contribution in [3.05, 3.63) is 35.1 Å². The average Bonchev–Trinajstić information content (AvgIpc) is 2.38. The Labute approximate surface area is 105 Å². The summed E-state index contributed by atoms with van der Waals surface area (Å²) < 4.78 is 19.0. The molecule has 5 heteroatoms. The van der Waals surface area contributed by atoms with Crippen LogP contribution in [0.25, 0.3) is 0 Å². The SMILES string of the molecule is NC(=O)c1ccc(CNC2CCCOC2)c(F)c1. The van der Waals surface area contributed by atoms with Crippen molar-refractivity contribution >= 4 is 5.91 Å². The summed E-state index contributed by atoms with van der Waals surface area (Å²) in [5.41, 5.74) is 5.81. The van der Waals surface area contributed by atoms with Gasteiger partial charge < -0.3 is 15.8 Å². The molecule has 1 aromatic carbocycles. The van der Waals surface area contributed by atoms with Crippen LogP contribution in [-0.2, 0) is 11.3 Å². The molecule has 1 amide bonds. The van der Waals surface area contributed by atoms with Crippen LogP contribution in [-0.4, -0.2) is 25.2 Å². The van der Waals surface area contributed by atoms with E-state index in [0.717, 1.165) is 19.4 Å². The van der Waals surface area contributed by atoms with Gasteiger partial charge in [0.05, 0.1) is 6.61 Å². The van der Waals surface area contributed by atoms with Gasteiger partial charge in [-0.25, -0.2) is 4.39 Å². The highest BCUT2D eigenvalue weighted by molar-refractivity contribution is 5.92. The van der Waals surface area contributed by atoms with Gasteiger partial charge in [0.2, 0.25) is 5.91 Å². The number of rotatable bonds is 4. The Kier molecular flexibility index (Phi) is 4.28. The van der Waals surface area contributed by atoms with Gasteiger partial charge in [-0.15, -0.1) is 0 Å². The molecular formula is C13H17FN2O2. The molecule has 2 rings (SSSR count). The van der Waals surface area contributed by atoms with Gasteiger partial charge in [-0.2, -0.15) is 0 Å². The normalized spacial score (nSPS) is 19.7. The van der Waals surface area contributed by atoms with Crippen LogP contribution in [0.1, 0.15) is 28.8 Å². The molecule has 98 valence electrons. The van der Waals surface area contributed by atoms with Crippen LogP contribution in [0.4, 0.5) is 4.39 Å². The fraction of sp³-hybridized carbons (Fsp3) is 0.462. The summed E-state index contributed by atoms with van der Waals surface area (Å²) in [6, 6.07) is 4.58. The largest absolute Gasteiger partial charge is 0.380 e. The van der Waals surface area contributed by atoms with Crippen LogP contribution >= 0.6 is 0 Å². The van der Waals surface area contributed by atoms with Crippen LogP contribution in [0.15, 0.2) is 18.2 Å². The van der Waals surface area contributed by atoms with Crippen molar-refractivity contribution in [1.29, 1.82) is 0 Å². The maximum absolute atomic E-state index is 13.7. The molecule has 0 radical (unpaired) electrons. The van der Waals surface area contributed by atoms with E-state index in [2.05, 4.69) is 5.32 Å². The monoisotopic (exact) mass is 252 g/mol. The maximum atomic E-state index is 13.7. The van der Waals surface area contributed by atoms with Gasteiger partial charge >= 0.3 is 0 Å². The lowest BCUT2D eigenvalue weighted by Crippen LogP contribution is -2.36. The van der Waals surface area contributed by atoms with Crippen molar-refractivity contribution in [1.82, 2.24) is 5.32 Å². The third kappa shape index (κ3) is 3.27. The quantitative estimate of drug-likeness (QED) is 0.846. The summed E-state index contributed by atoms with van der Waals surface area (Å²) in [4.78, 5) is 10.9. The molecule has 1 atom stereocenters. The fourth-order valence-electron chi connectivity index (χ4n) is 2.00. The standard InChI is InChI=1S/C13H17FN2O2/c14-12-6-9(13(15)17)3-4-10(12)7-16-11-2-1-5-18-8-11/h3-4,6,11,16H,1-2,5,7-8H2,(H2,15,17). The van der Waals surface area contributed by atoms with E-state index < -0.39 is 11.7 Å². The van der Waals surface area contributed by atoms with Gasteiger partial charge in [-0.3, -0.25) is 4.79 Å². The van der Waals surface area contributed by atoms with E-state index in [1.54, 1.807) is 12.1 Å². The highest BCUT2D eigenvalue weighted by Gasteiger charge is 2.14. The molecule has 0 aliphatic carbocycles. The van der Waals surface area contributed by atoms with Crippen LogP contribution in [0, 0.1) is 5.82 Å². The van der Waals surface area contributed by atoms with Crippen molar-refractivity contribution in [2.24, 2.45) is 5.73 Å². The van der Waals surface area contributed by atoms with Gasteiger partial charge in [0.25, 0.3) is 0 Å². The Morgan fingerprint density at radius 1 is 1.56 bits per heavy atom. The van der Waals surface area contributed by atoms with Gasteiger partial charge in [0.15, 0.2) is 0 Å². The molecule has 1 unspecified atom stereocenters. The molecule has 3 N–H and O–H groups in total. The first kappa shape index (κ1) is 13.0. The summed E-state index contributed by atoms with van der Waals surface area (Å²) in [6.45, 7) is 1.90. The van der Waals surface area contributed by atoms with E-state index in [1.807, 2.05) is 0 Å². The molecule has 0 saturated carbocycles. The molecule has 1 heterocycles. The predicted octanol–water partition coefficient (Wildman–Crippen LogP) is 1.19. The van der Waals surface area contributed by atoms with Crippen molar-refractivity contribution < 1.29 is 13.9 Å². The molecule has 1 aromatic rings. The third-order valence-corrected chi connectivity index (χ3v) is 3.08. The summed E-state index contributed by atoms with van der Waals surface area (Å²) in [5, 5.41) is 3.25. The van der Waals surface area contributed by atoms with E-state index in [4.69, 9.17) is 10.5 Å². The highest BCUT2D eigenvalue weighted by Crippen LogP contribution is 2.12. The number of halogens is 1. The van der Waals surface area contributed by atoms with Gasteiger partial charge in [0.1, 0.15) is 5.82 Å². The molecule has 18 heavy (non-hydrogen) atoms. The average molecular weight is 252 g/mol. The number of hydrogen-bond donors (Lipinski definition) is 2. The van der Waals surface area contributed by atoms with E-state index >= 15 is 0 Å². The van der Waals surface area contributed by atoms with E-state index in [9.17, 15) is 9.18 Å². The van der Waals surface area contributed by atoms with Crippen LogP contribution < -0.4 is 11.1 Å². The summed E-state index contributed by atoms with van der Waals surface area (Å²) in [5.74, 6) is -1.02. The van der Waals surface area contributed by atoms with Crippen molar-refractivity contribution in [2.45, 2.75) is 25.4 Å². The molecule has 0 aromatic heterocycles. The number of benzene rings is 1. The second kappa shape index (κ2) is 5.93. The number of amides is 1. The lowest BCUT2D eigenvalue weighted by atomic mass is 10.1. The third-order valence-electron chi connectivity index (χ3n) is 3.08. The lowest BCUT2D eigenvalue weighted by Gasteiger charge is -2.23. The van der Waals surface area contributed by atoms with Gasteiger partial charge in [-0.1, -0.05) is 6.07 Å². The first-order valence-corrected chi connectivity index (χ1v) is 6.06. The van der Waals surface area contributed by atoms with Gasteiger partial charge in [0, 0.05) is 30.3 Å². The van der Waals surface area contributed by atoms with E-state index in [1.165, 1.54) is 6.07 Å². The Balaban J connectivity index is 1.94. The zero-order valence-electron chi connectivity index (χ0n) is 10.1. The molecule has 1 saturated heterocycles. The minimum atomic E-state index is -0.617. The van der Waals surface area contributed by atoms with E-state index in [0.29, 0.717) is 18.7 Å². The number of hydrogen-bond acceptors (Lipinski definition) is 3. The number of primary amides is 1. The Bertz CT molecular complexity index is 431. The molecule has 1 aliphatic rings. The van der Waals surface area contributed by atoms with Gasteiger partial charge in [-0.05, 0) is 25.0 Å². The topological polar surface area (TPSA) is 64.4 Å². The Morgan fingerprint density at radius 2 is 2.39 bits per heavy atom. The minimum absolute atomic E-state index is 0.192. The highest BCUT2D eigenvalue weighted by atomic mass is 19.1. The summed E-state index contributed by atoms with van der Waals surface area (Å²) >= 11 is 0. The second-order valence-electron chi connectivity index (χ2n) is 4.47. The zero-order valence-corrected chi connectivity index (χ0v) is 10.1. The molecule has 1 fully saturated rings. The molecule has 4 nitrogen and oxygen atoms in total. The number of ether oxygens (including phenoxy) is 1. The molecule has 0 spiro atoms. The fourth-order valence-corrected chi connectivity index (χ4v) is 2.00. The number of nitrogens with one attached hydrogen (secondary N) is 1. The number of carbonyl (C=O) groups excluding carboxylic acids is 1. The lowest BCUT2D eigenvalue weighted by molar-refractivity contribution is 0.0698. The predicted molar refractivity (Wildman–Crippen MR) is 65.6 cm³/mol. The number of nitrogens with two attached hydrogens (primary N) is 1. The van der Waals surface area contributed by atoms with E-state index in [-0.39, 0.29) is 11.6 Å².